The number of hydrogen-bond acceptors (Lipinski definition) is 3. The van der Waals surface area contributed by atoms with Crippen LogP contribution in [0.2, 0.25) is 0 Å². The van der Waals surface area contributed by atoms with E-state index in [0.717, 1.165) is 38.8 Å². The van der Waals surface area contributed by atoms with Crippen molar-refractivity contribution in [2.45, 2.75) is 33.1 Å². The molecule has 0 aromatic heterocycles. The zero-order valence-electron chi connectivity index (χ0n) is 10.9. The van der Waals surface area contributed by atoms with E-state index >= 15 is 0 Å². The van der Waals surface area contributed by atoms with Gasteiger partial charge in [0.05, 0.1) is 0 Å². The maximum Gasteiger partial charge on any atom is 0.0468 e. The molecular weight excluding hydrogens is 200 g/mol. The second-order valence-electron chi connectivity index (χ2n) is 5.29. The topological polar surface area (TPSA) is 47.3 Å². The third kappa shape index (κ3) is 5.28. The average Bonchev–Trinajstić information content (AvgIpc) is 2.30. The Bertz CT molecular complexity index is 167. The van der Waals surface area contributed by atoms with Gasteiger partial charge >= 0.3 is 0 Å². The van der Waals surface area contributed by atoms with Crippen molar-refractivity contribution in [3.8, 4) is 0 Å². The molecule has 1 saturated heterocycles. The Morgan fingerprint density at radius 2 is 2.00 bits per heavy atom. The van der Waals surface area contributed by atoms with E-state index in [1.54, 1.807) is 0 Å². The van der Waals surface area contributed by atoms with Crippen molar-refractivity contribution in [3.05, 3.63) is 0 Å². The van der Waals surface area contributed by atoms with Crippen molar-refractivity contribution in [3.63, 3.8) is 0 Å². The summed E-state index contributed by atoms with van der Waals surface area (Å²) >= 11 is 0. The lowest BCUT2D eigenvalue weighted by molar-refractivity contribution is 0.0639. The molecule has 1 fully saturated rings. The molecule has 0 aliphatic carbocycles. The highest BCUT2D eigenvalue weighted by atomic mass is 16.5. The minimum absolute atomic E-state index is 0.620. The largest absolute Gasteiger partial charge is 0.381 e. The summed E-state index contributed by atoms with van der Waals surface area (Å²) in [5.74, 6) is 2.17. The average molecular weight is 228 g/mol. The quantitative estimate of drug-likeness (QED) is 0.651. The zero-order valence-corrected chi connectivity index (χ0v) is 10.9. The van der Waals surface area contributed by atoms with Crippen molar-refractivity contribution in [1.82, 2.24) is 5.32 Å². The monoisotopic (exact) mass is 228 g/mol. The van der Waals surface area contributed by atoms with Crippen LogP contribution in [0.1, 0.15) is 33.1 Å². The van der Waals surface area contributed by atoms with Gasteiger partial charge in [0.1, 0.15) is 0 Å². The molecule has 16 heavy (non-hydrogen) atoms. The molecule has 3 nitrogen and oxygen atoms in total. The van der Waals surface area contributed by atoms with Gasteiger partial charge in [-0.1, -0.05) is 13.8 Å². The van der Waals surface area contributed by atoms with E-state index < -0.39 is 0 Å². The lowest BCUT2D eigenvalue weighted by Crippen LogP contribution is -2.33. The fraction of sp³-hybridized carbons (Fsp3) is 1.00. The molecule has 96 valence electrons. The van der Waals surface area contributed by atoms with E-state index in [0.29, 0.717) is 11.8 Å². The van der Waals surface area contributed by atoms with E-state index in [9.17, 15) is 0 Å². The Morgan fingerprint density at radius 3 is 2.56 bits per heavy atom. The van der Waals surface area contributed by atoms with Crippen LogP contribution in [0.4, 0.5) is 0 Å². The summed E-state index contributed by atoms with van der Waals surface area (Å²) in [6, 6.07) is 0. The molecule has 0 amide bonds. The highest BCUT2D eigenvalue weighted by molar-refractivity contribution is 4.69. The Labute approximate surface area is 100 Å². The van der Waals surface area contributed by atoms with Crippen LogP contribution in [0, 0.1) is 17.8 Å². The maximum atomic E-state index is 5.74. The van der Waals surface area contributed by atoms with Gasteiger partial charge in [-0.3, -0.25) is 0 Å². The third-order valence-electron chi connectivity index (χ3n) is 3.72. The van der Waals surface area contributed by atoms with Crippen LogP contribution in [0.25, 0.3) is 0 Å². The minimum atomic E-state index is 0.620. The first-order valence-corrected chi connectivity index (χ1v) is 6.72. The predicted molar refractivity (Wildman–Crippen MR) is 68.4 cm³/mol. The lowest BCUT2D eigenvalue weighted by atomic mass is 9.95. The standard InChI is InChI=1S/C13H28N2O/c1-11(2)13(9-14)10-15-6-3-12-4-7-16-8-5-12/h11-13,15H,3-10,14H2,1-2H3. The first-order chi connectivity index (χ1) is 7.74. The van der Waals surface area contributed by atoms with Crippen molar-refractivity contribution in [1.29, 1.82) is 0 Å². The summed E-state index contributed by atoms with van der Waals surface area (Å²) in [6.07, 6.45) is 3.77. The normalized spacial score (nSPS) is 20.2. The highest BCUT2D eigenvalue weighted by Crippen LogP contribution is 2.17. The molecule has 0 spiro atoms. The van der Waals surface area contributed by atoms with Gasteiger partial charge in [-0.15, -0.1) is 0 Å². The molecule has 0 aromatic carbocycles. The Hall–Kier alpha value is -0.120. The fourth-order valence-electron chi connectivity index (χ4n) is 2.22. The minimum Gasteiger partial charge on any atom is -0.381 e. The molecule has 1 rings (SSSR count). The van der Waals surface area contributed by atoms with Gasteiger partial charge in [0.25, 0.3) is 0 Å². The molecule has 0 bridgehead atoms. The van der Waals surface area contributed by atoms with Gasteiger partial charge in [0, 0.05) is 13.2 Å². The molecule has 0 saturated carbocycles. The Morgan fingerprint density at radius 1 is 1.31 bits per heavy atom. The Kier molecular flexibility index (Phi) is 7.01. The summed E-state index contributed by atoms with van der Waals surface area (Å²) in [5, 5.41) is 3.54. The summed E-state index contributed by atoms with van der Waals surface area (Å²) in [7, 11) is 0. The van der Waals surface area contributed by atoms with Gasteiger partial charge in [-0.2, -0.15) is 0 Å². The summed E-state index contributed by atoms with van der Waals surface area (Å²) in [5.41, 5.74) is 5.74. The van der Waals surface area contributed by atoms with Crippen molar-refractivity contribution >= 4 is 0 Å². The molecule has 0 aromatic rings. The van der Waals surface area contributed by atoms with E-state index in [-0.39, 0.29) is 0 Å². The van der Waals surface area contributed by atoms with Crippen LogP contribution in [0.3, 0.4) is 0 Å². The van der Waals surface area contributed by atoms with Gasteiger partial charge in [-0.05, 0) is 56.7 Å². The Balaban J connectivity index is 2.01. The summed E-state index contributed by atoms with van der Waals surface area (Å²) in [6.45, 7) is 9.41. The van der Waals surface area contributed by atoms with Crippen LogP contribution in [0.15, 0.2) is 0 Å². The third-order valence-corrected chi connectivity index (χ3v) is 3.72. The zero-order chi connectivity index (χ0) is 11.8. The highest BCUT2D eigenvalue weighted by Gasteiger charge is 2.14. The van der Waals surface area contributed by atoms with Gasteiger partial charge in [0.15, 0.2) is 0 Å². The van der Waals surface area contributed by atoms with E-state index in [4.69, 9.17) is 10.5 Å². The van der Waals surface area contributed by atoms with Gasteiger partial charge in [-0.25, -0.2) is 0 Å². The SMILES string of the molecule is CC(C)C(CN)CNCCC1CCOCC1. The fourth-order valence-corrected chi connectivity index (χ4v) is 2.22. The molecular formula is C13H28N2O. The molecule has 0 radical (unpaired) electrons. The van der Waals surface area contributed by atoms with Crippen molar-refractivity contribution in [2.75, 3.05) is 32.8 Å². The number of ether oxygens (including phenoxy) is 1. The van der Waals surface area contributed by atoms with E-state index in [2.05, 4.69) is 19.2 Å². The van der Waals surface area contributed by atoms with Crippen LogP contribution >= 0.6 is 0 Å². The summed E-state index contributed by atoms with van der Waals surface area (Å²) < 4.78 is 5.36. The molecule has 1 unspecified atom stereocenters. The number of nitrogens with two attached hydrogens (primary N) is 1. The summed E-state index contributed by atoms with van der Waals surface area (Å²) in [4.78, 5) is 0. The first kappa shape index (κ1) is 13.9. The molecule has 1 heterocycles. The number of rotatable bonds is 7. The van der Waals surface area contributed by atoms with Crippen molar-refractivity contribution in [2.24, 2.45) is 23.5 Å². The van der Waals surface area contributed by atoms with E-state index in [1.165, 1.54) is 19.3 Å². The second kappa shape index (κ2) is 8.04. The smallest absolute Gasteiger partial charge is 0.0468 e. The van der Waals surface area contributed by atoms with Crippen LogP contribution in [-0.2, 0) is 4.74 Å². The van der Waals surface area contributed by atoms with Crippen LogP contribution in [-0.4, -0.2) is 32.8 Å². The van der Waals surface area contributed by atoms with Crippen molar-refractivity contribution < 1.29 is 4.74 Å². The van der Waals surface area contributed by atoms with Crippen LogP contribution in [0.5, 0.6) is 0 Å². The molecule has 3 N–H and O–H groups in total. The number of nitrogens with one attached hydrogen (secondary N) is 1. The molecule has 3 heteroatoms. The molecule has 1 aliphatic heterocycles. The maximum absolute atomic E-state index is 5.74. The second-order valence-corrected chi connectivity index (χ2v) is 5.29. The molecule has 1 atom stereocenters. The molecule has 1 aliphatic rings. The lowest BCUT2D eigenvalue weighted by Gasteiger charge is -2.23. The predicted octanol–water partition coefficient (Wildman–Crippen LogP) is 1.62. The first-order valence-electron chi connectivity index (χ1n) is 6.72. The van der Waals surface area contributed by atoms with E-state index in [1.807, 2.05) is 0 Å². The van der Waals surface area contributed by atoms with Gasteiger partial charge in [0.2, 0.25) is 0 Å². The number of hydrogen-bond donors (Lipinski definition) is 2. The van der Waals surface area contributed by atoms with Crippen LogP contribution < -0.4 is 11.1 Å². The van der Waals surface area contributed by atoms with Gasteiger partial charge < -0.3 is 15.8 Å².